The van der Waals surface area contributed by atoms with E-state index in [0.29, 0.717) is 11.2 Å². The minimum atomic E-state index is -1.44. The highest BCUT2D eigenvalue weighted by Gasteiger charge is 2.48. The summed E-state index contributed by atoms with van der Waals surface area (Å²) < 4.78 is 71.1. The van der Waals surface area contributed by atoms with Gasteiger partial charge in [0, 0.05) is 27.7 Å². The largest absolute Gasteiger partial charge is 0.456 e. The van der Waals surface area contributed by atoms with Gasteiger partial charge < -0.3 is 9.32 Å². The Morgan fingerprint density at radius 3 is 2.00 bits per heavy atom. The van der Waals surface area contributed by atoms with Gasteiger partial charge in [0.15, 0.2) is 0 Å². The maximum absolute atomic E-state index is 9.91. The number of hydrogen-bond acceptors (Lipinski definition) is 2. The van der Waals surface area contributed by atoms with Gasteiger partial charge >= 0.3 is 0 Å². The molecule has 2 heteroatoms. The molecular weight excluding hydrogens is 667 g/mol. The van der Waals surface area contributed by atoms with E-state index < -0.39 is 35.6 Å². The third kappa shape index (κ3) is 4.68. The van der Waals surface area contributed by atoms with Crippen molar-refractivity contribution in [2.75, 3.05) is 4.90 Å². The van der Waals surface area contributed by atoms with Gasteiger partial charge in [-0.05, 0) is 92.2 Å². The van der Waals surface area contributed by atoms with E-state index in [2.05, 4.69) is 65.6 Å². The minimum absolute atomic E-state index is 0.0428. The molecule has 1 aromatic heterocycles. The fourth-order valence-electron chi connectivity index (χ4n) is 8.82. The molecule has 0 saturated heterocycles. The van der Waals surface area contributed by atoms with Crippen molar-refractivity contribution in [2.45, 2.75) is 5.41 Å². The highest BCUT2D eigenvalue weighted by atomic mass is 16.3. The maximum atomic E-state index is 9.91. The Hall–Kier alpha value is -7.16. The Morgan fingerprint density at radius 1 is 0.436 bits per heavy atom. The lowest BCUT2D eigenvalue weighted by molar-refractivity contribution is 0.667. The van der Waals surface area contributed by atoms with Crippen LogP contribution in [-0.2, 0) is 5.41 Å². The van der Waals surface area contributed by atoms with E-state index in [0.717, 1.165) is 66.8 Å². The molecule has 2 nitrogen and oxygen atoms in total. The van der Waals surface area contributed by atoms with E-state index in [9.17, 15) is 4.11 Å². The molecular formula is C53H35NO. The Labute approximate surface area is 330 Å². The van der Waals surface area contributed by atoms with Gasteiger partial charge in [0.1, 0.15) is 11.2 Å². The zero-order valence-electron chi connectivity index (χ0n) is 36.5. The van der Waals surface area contributed by atoms with Crippen molar-refractivity contribution < 1.29 is 14.0 Å². The smallest absolute Gasteiger partial charge is 0.135 e. The van der Waals surface area contributed by atoms with Crippen molar-refractivity contribution in [3.63, 3.8) is 0 Å². The molecule has 0 saturated carbocycles. The van der Waals surface area contributed by atoms with Crippen LogP contribution in [0.15, 0.2) is 217 Å². The fourth-order valence-corrected chi connectivity index (χ4v) is 8.82. The molecule has 0 aliphatic heterocycles. The Morgan fingerprint density at radius 2 is 1.11 bits per heavy atom. The minimum Gasteiger partial charge on any atom is -0.456 e. The number of hydrogen-bond donors (Lipinski definition) is 0. The topological polar surface area (TPSA) is 16.4 Å². The first-order valence-corrected chi connectivity index (χ1v) is 18.4. The molecule has 0 N–H and O–H groups in total. The number of rotatable bonds is 6. The van der Waals surface area contributed by atoms with Crippen molar-refractivity contribution in [3.8, 4) is 22.3 Å². The molecule has 1 heterocycles. The van der Waals surface area contributed by atoms with Gasteiger partial charge in [-0.3, -0.25) is 0 Å². The number of para-hydroxylation sites is 3. The first kappa shape index (κ1) is 25.0. The fraction of sp³-hybridized carbons (Fsp3) is 0.0189. The van der Waals surface area contributed by atoms with Crippen molar-refractivity contribution >= 4 is 49.8 Å². The number of benzene rings is 9. The number of anilines is 3. The zero-order valence-corrected chi connectivity index (χ0v) is 29.5. The molecule has 0 spiro atoms. The van der Waals surface area contributed by atoms with Gasteiger partial charge in [0.05, 0.1) is 20.7 Å². The van der Waals surface area contributed by atoms with Crippen molar-refractivity contribution in [1.82, 2.24) is 0 Å². The summed E-state index contributed by atoms with van der Waals surface area (Å²) in [5, 5.41) is 1.58. The second-order valence-corrected chi connectivity index (χ2v) is 13.9. The van der Waals surface area contributed by atoms with E-state index in [1.165, 1.54) is 0 Å². The summed E-state index contributed by atoms with van der Waals surface area (Å²) in [4.78, 5) is 2.24. The predicted octanol–water partition coefficient (Wildman–Crippen LogP) is 14.2. The average molecular weight is 709 g/mol. The van der Waals surface area contributed by atoms with E-state index in [4.69, 9.17) is 9.90 Å². The standard InChI is InChI=1S/C53H35NO/c1-3-17-37(18-4-1)41-24-10-13-30-49(41)54(38-21-5-2-6-22-38)39-33-34-47-44(35-39)42-25-9-12-27-46(42)53(47,45-28-15-20-36-19-7-8-23-40(36)45)48-29-16-32-51-52(48)43-26-11-14-31-50(43)55-51/h1-35H/i7D,8D,15D,19D,20D,23D,28D. The third-order valence-corrected chi connectivity index (χ3v) is 11.0. The molecule has 0 radical (unpaired) electrons. The molecule has 0 fully saturated rings. The van der Waals surface area contributed by atoms with Crippen LogP contribution in [0.2, 0.25) is 0 Å². The summed E-state index contributed by atoms with van der Waals surface area (Å²) in [5.74, 6) is 0. The lowest BCUT2D eigenvalue weighted by Crippen LogP contribution is -2.29. The van der Waals surface area contributed by atoms with E-state index in [-0.39, 0.29) is 28.4 Å². The van der Waals surface area contributed by atoms with E-state index in [1.807, 2.05) is 109 Å². The first-order chi connectivity index (χ1) is 30.2. The summed E-state index contributed by atoms with van der Waals surface area (Å²) in [6, 6.07) is 53.9. The number of fused-ring (bicyclic) bond motifs is 7. The van der Waals surface area contributed by atoms with Crippen LogP contribution in [0.1, 0.15) is 31.8 Å². The highest BCUT2D eigenvalue weighted by Crippen LogP contribution is 2.60. The predicted molar refractivity (Wildman–Crippen MR) is 229 cm³/mol. The lowest BCUT2D eigenvalue weighted by Gasteiger charge is -2.35. The van der Waals surface area contributed by atoms with Crippen molar-refractivity contribution in [2.24, 2.45) is 0 Å². The Bertz CT molecular complexity index is 3450. The molecule has 0 amide bonds. The zero-order chi connectivity index (χ0) is 42.4. The lowest BCUT2D eigenvalue weighted by atomic mass is 9.65. The van der Waals surface area contributed by atoms with Crippen LogP contribution in [0.25, 0.3) is 55.0 Å². The van der Waals surface area contributed by atoms with Crippen molar-refractivity contribution in [3.05, 3.63) is 234 Å². The molecule has 10 aromatic rings. The molecule has 258 valence electrons. The average Bonchev–Trinajstić information content (AvgIpc) is 3.84. The Kier molecular flexibility index (Phi) is 5.66. The highest BCUT2D eigenvalue weighted by molar-refractivity contribution is 6.09. The van der Waals surface area contributed by atoms with Crippen LogP contribution in [-0.4, -0.2) is 0 Å². The molecule has 1 aliphatic carbocycles. The quantitative estimate of drug-likeness (QED) is 0.171. The summed E-state index contributed by atoms with van der Waals surface area (Å²) in [7, 11) is 0. The van der Waals surface area contributed by atoms with Crippen LogP contribution in [0.4, 0.5) is 17.1 Å². The maximum Gasteiger partial charge on any atom is 0.135 e. The summed E-state index contributed by atoms with van der Waals surface area (Å²) >= 11 is 0. The molecule has 0 bridgehead atoms. The first-order valence-electron chi connectivity index (χ1n) is 21.9. The van der Waals surface area contributed by atoms with Crippen LogP contribution in [0.5, 0.6) is 0 Å². The summed E-state index contributed by atoms with van der Waals surface area (Å²) in [6.07, 6.45) is 0. The van der Waals surface area contributed by atoms with E-state index >= 15 is 0 Å². The number of furan rings is 1. The summed E-state index contributed by atoms with van der Waals surface area (Å²) in [5.41, 5.74) is 8.96. The summed E-state index contributed by atoms with van der Waals surface area (Å²) in [6.45, 7) is 0. The molecule has 55 heavy (non-hydrogen) atoms. The normalized spacial score (nSPS) is 16.4. The SMILES string of the molecule is [2H]c1c([2H])c([2H])c2c(C3(c4cccc5oc6ccccc6c45)c4ccccc4-c4cc(N(c5ccccc5)c5ccccc5-c5ccccc5)ccc43)c([2H])c([2H])c([2H])c2c1[2H]. The second kappa shape index (κ2) is 12.5. The molecule has 1 atom stereocenters. The van der Waals surface area contributed by atoms with Crippen LogP contribution >= 0.6 is 0 Å². The van der Waals surface area contributed by atoms with Gasteiger partial charge in [-0.15, -0.1) is 0 Å². The van der Waals surface area contributed by atoms with Crippen molar-refractivity contribution in [1.29, 1.82) is 0 Å². The van der Waals surface area contributed by atoms with Gasteiger partial charge in [-0.2, -0.15) is 0 Å². The Balaban J connectivity index is 1.31. The second-order valence-electron chi connectivity index (χ2n) is 13.9. The number of nitrogens with zero attached hydrogens (tertiary/aromatic N) is 1. The third-order valence-electron chi connectivity index (χ3n) is 11.0. The monoisotopic (exact) mass is 708 g/mol. The van der Waals surface area contributed by atoms with Crippen LogP contribution < -0.4 is 4.90 Å². The molecule has 1 unspecified atom stereocenters. The van der Waals surface area contributed by atoms with Gasteiger partial charge in [-0.1, -0.05) is 170 Å². The molecule has 9 aromatic carbocycles. The van der Waals surface area contributed by atoms with Gasteiger partial charge in [0.25, 0.3) is 0 Å². The van der Waals surface area contributed by atoms with Gasteiger partial charge in [0.2, 0.25) is 0 Å². The van der Waals surface area contributed by atoms with Gasteiger partial charge in [-0.25, -0.2) is 0 Å². The molecule has 11 rings (SSSR count). The van der Waals surface area contributed by atoms with E-state index in [1.54, 1.807) is 0 Å². The molecule has 1 aliphatic rings. The van der Waals surface area contributed by atoms with Crippen LogP contribution in [0, 0.1) is 0 Å². The van der Waals surface area contributed by atoms with Crippen LogP contribution in [0.3, 0.4) is 0 Å².